The van der Waals surface area contributed by atoms with Crippen LogP contribution >= 0.6 is 0 Å². The first-order chi connectivity index (χ1) is 4.91. The fourth-order valence-electron chi connectivity index (χ4n) is 0.645. The zero-order valence-corrected chi connectivity index (χ0v) is 6.27. The van der Waals surface area contributed by atoms with Crippen LogP contribution in [0.3, 0.4) is 0 Å². The SMILES string of the molecule is NCCCNCCCNO. The van der Waals surface area contributed by atoms with Crippen LogP contribution in [0.2, 0.25) is 0 Å². The molecule has 0 saturated heterocycles. The van der Waals surface area contributed by atoms with Gasteiger partial charge >= 0.3 is 0 Å². The van der Waals surface area contributed by atoms with Crippen molar-refractivity contribution in [3.8, 4) is 0 Å². The van der Waals surface area contributed by atoms with Crippen molar-refractivity contribution in [2.45, 2.75) is 12.8 Å². The van der Waals surface area contributed by atoms with Gasteiger partial charge in [-0.1, -0.05) is 0 Å². The van der Waals surface area contributed by atoms with E-state index in [1.54, 1.807) is 0 Å². The summed E-state index contributed by atoms with van der Waals surface area (Å²) in [5.41, 5.74) is 7.37. The van der Waals surface area contributed by atoms with E-state index in [2.05, 4.69) is 10.8 Å². The Morgan fingerprint density at radius 1 is 1.10 bits per heavy atom. The molecule has 10 heavy (non-hydrogen) atoms. The van der Waals surface area contributed by atoms with Crippen LogP contribution in [0.15, 0.2) is 0 Å². The average Bonchev–Trinajstić information content (AvgIpc) is 1.97. The third-order valence-electron chi connectivity index (χ3n) is 1.20. The van der Waals surface area contributed by atoms with Crippen molar-refractivity contribution in [1.29, 1.82) is 0 Å². The Kier molecular flexibility index (Phi) is 8.70. The molecule has 0 atom stereocenters. The predicted molar refractivity (Wildman–Crippen MR) is 40.9 cm³/mol. The Balaban J connectivity index is 2.65. The largest absolute Gasteiger partial charge is 0.330 e. The third-order valence-corrected chi connectivity index (χ3v) is 1.20. The molecule has 0 aromatic rings. The molecule has 0 unspecified atom stereocenters. The highest BCUT2D eigenvalue weighted by molar-refractivity contribution is 4.48. The first kappa shape index (κ1) is 9.84. The molecule has 0 saturated carbocycles. The summed E-state index contributed by atoms with van der Waals surface area (Å²) in [4.78, 5) is 0. The van der Waals surface area contributed by atoms with Gasteiger partial charge in [-0.05, 0) is 32.5 Å². The second-order valence-electron chi connectivity index (χ2n) is 2.15. The highest BCUT2D eigenvalue weighted by Gasteiger charge is 1.85. The van der Waals surface area contributed by atoms with Gasteiger partial charge < -0.3 is 16.3 Å². The number of rotatable bonds is 7. The lowest BCUT2D eigenvalue weighted by Crippen LogP contribution is -2.22. The molecular formula is C6H17N3O. The first-order valence-electron chi connectivity index (χ1n) is 3.69. The molecule has 0 heterocycles. The van der Waals surface area contributed by atoms with Crippen molar-refractivity contribution in [3.05, 3.63) is 0 Å². The van der Waals surface area contributed by atoms with Crippen molar-refractivity contribution < 1.29 is 5.21 Å². The van der Waals surface area contributed by atoms with Gasteiger partial charge in [-0.2, -0.15) is 0 Å². The normalized spacial score (nSPS) is 10.2. The van der Waals surface area contributed by atoms with Crippen molar-refractivity contribution in [3.63, 3.8) is 0 Å². The molecule has 0 aliphatic rings. The van der Waals surface area contributed by atoms with E-state index in [0.29, 0.717) is 6.54 Å². The van der Waals surface area contributed by atoms with Gasteiger partial charge in [0.15, 0.2) is 0 Å². The Bertz CT molecular complexity index is 53.0. The van der Waals surface area contributed by atoms with Crippen LogP contribution in [0.4, 0.5) is 0 Å². The molecule has 0 aromatic carbocycles. The molecule has 0 bridgehead atoms. The number of nitrogens with two attached hydrogens (primary N) is 1. The zero-order chi connectivity index (χ0) is 7.66. The van der Waals surface area contributed by atoms with E-state index in [4.69, 9.17) is 10.9 Å². The fraction of sp³-hybridized carbons (Fsp3) is 1.00. The lowest BCUT2D eigenvalue weighted by molar-refractivity contribution is 0.165. The third kappa shape index (κ3) is 7.84. The van der Waals surface area contributed by atoms with Gasteiger partial charge in [0.05, 0.1) is 0 Å². The Labute approximate surface area is 61.8 Å². The van der Waals surface area contributed by atoms with Crippen LogP contribution < -0.4 is 16.5 Å². The minimum atomic E-state index is 0.648. The molecule has 0 aromatic heterocycles. The maximum atomic E-state index is 8.17. The van der Waals surface area contributed by atoms with Crippen LogP contribution in [0.1, 0.15) is 12.8 Å². The molecule has 0 fully saturated rings. The summed E-state index contributed by atoms with van der Waals surface area (Å²) in [6, 6.07) is 0. The van der Waals surface area contributed by atoms with Crippen LogP contribution in [0, 0.1) is 0 Å². The lowest BCUT2D eigenvalue weighted by atomic mass is 10.4. The van der Waals surface area contributed by atoms with Crippen molar-refractivity contribution >= 4 is 0 Å². The number of hydrogen-bond donors (Lipinski definition) is 4. The molecule has 0 radical (unpaired) electrons. The standard InChI is InChI=1S/C6H17N3O/c7-3-1-4-8-5-2-6-9-10/h8-10H,1-7H2. The second-order valence-corrected chi connectivity index (χ2v) is 2.15. The molecular weight excluding hydrogens is 130 g/mol. The second kappa shape index (κ2) is 8.84. The predicted octanol–water partition coefficient (Wildman–Crippen LogP) is -0.706. The Morgan fingerprint density at radius 3 is 2.40 bits per heavy atom. The van der Waals surface area contributed by atoms with Gasteiger partial charge in [-0.3, -0.25) is 0 Å². The fourth-order valence-corrected chi connectivity index (χ4v) is 0.645. The van der Waals surface area contributed by atoms with Gasteiger partial charge in [0.2, 0.25) is 0 Å². The van der Waals surface area contributed by atoms with E-state index < -0.39 is 0 Å². The lowest BCUT2D eigenvalue weighted by Gasteiger charge is -2.01. The number of hydroxylamine groups is 1. The molecule has 5 N–H and O–H groups in total. The van der Waals surface area contributed by atoms with Crippen LogP contribution in [0.25, 0.3) is 0 Å². The average molecular weight is 147 g/mol. The van der Waals surface area contributed by atoms with Crippen LogP contribution in [-0.2, 0) is 0 Å². The molecule has 0 spiro atoms. The monoisotopic (exact) mass is 147 g/mol. The van der Waals surface area contributed by atoms with E-state index in [-0.39, 0.29) is 0 Å². The molecule has 62 valence electrons. The molecule has 0 aliphatic carbocycles. The highest BCUT2D eigenvalue weighted by Crippen LogP contribution is 1.73. The van der Waals surface area contributed by atoms with Gasteiger partial charge in [-0.15, -0.1) is 0 Å². The van der Waals surface area contributed by atoms with E-state index in [1.165, 1.54) is 0 Å². The van der Waals surface area contributed by atoms with E-state index in [0.717, 1.165) is 32.5 Å². The quantitative estimate of drug-likeness (QED) is 0.284. The molecule has 4 heteroatoms. The summed E-state index contributed by atoms with van der Waals surface area (Å²) in [6.07, 6.45) is 1.97. The Morgan fingerprint density at radius 2 is 1.80 bits per heavy atom. The van der Waals surface area contributed by atoms with Gasteiger partial charge in [0.1, 0.15) is 0 Å². The molecule has 0 amide bonds. The minimum Gasteiger partial charge on any atom is -0.330 e. The topological polar surface area (TPSA) is 70.3 Å². The first-order valence-corrected chi connectivity index (χ1v) is 3.69. The zero-order valence-electron chi connectivity index (χ0n) is 6.27. The summed E-state index contributed by atoms with van der Waals surface area (Å²) in [5.74, 6) is 0. The van der Waals surface area contributed by atoms with Gasteiger partial charge in [0, 0.05) is 6.54 Å². The summed E-state index contributed by atoms with van der Waals surface area (Å²) in [6.45, 7) is 3.30. The van der Waals surface area contributed by atoms with Gasteiger partial charge in [0.25, 0.3) is 0 Å². The molecule has 4 nitrogen and oxygen atoms in total. The minimum absolute atomic E-state index is 0.648. The summed E-state index contributed by atoms with van der Waals surface area (Å²) in [5, 5.41) is 11.4. The molecule has 0 aliphatic heterocycles. The molecule has 0 rings (SSSR count). The van der Waals surface area contributed by atoms with Crippen molar-refractivity contribution in [2.24, 2.45) is 5.73 Å². The van der Waals surface area contributed by atoms with Crippen molar-refractivity contribution in [1.82, 2.24) is 10.8 Å². The van der Waals surface area contributed by atoms with Gasteiger partial charge in [-0.25, -0.2) is 5.48 Å². The van der Waals surface area contributed by atoms with Crippen molar-refractivity contribution in [2.75, 3.05) is 26.2 Å². The number of hydrogen-bond acceptors (Lipinski definition) is 4. The van der Waals surface area contributed by atoms with Crippen LogP contribution in [0.5, 0.6) is 0 Å². The highest BCUT2D eigenvalue weighted by atomic mass is 16.5. The summed E-state index contributed by atoms with van der Waals surface area (Å²) in [7, 11) is 0. The van der Waals surface area contributed by atoms with Crippen LogP contribution in [-0.4, -0.2) is 31.4 Å². The smallest absolute Gasteiger partial charge is 0.0219 e. The summed E-state index contributed by atoms with van der Waals surface area (Å²) >= 11 is 0. The Hall–Kier alpha value is -0.160. The van der Waals surface area contributed by atoms with E-state index in [1.807, 2.05) is 0 Å². The number of nitrogens with one attached hydrogen (secondary N) is 2. The summed E-state index contributed by atoms with van der Waals surface area (Å²) < 4.78 is 0. The van der Waals surface area contributed by atoms with E-state index in [9.17, 15) is 0 Å². The van der Waals surface area contributed by atoms with E-state index >= 15 is 0 Å². The maximum absolute atomic E-state index is 8.17. The maximum Gasteiger partial charge on any atom is 0.0219 e.